The summed E-state index contributed by atoms with van der Waals surface area (Å²) in [5.74, 6) is 1.37. The molecule has 0 atom stereocenters. The topological polar surface area (TPSA) is 63.7 Å². The molecule has 0 bridgehead atoms. The van der Waals surface area contributed by atoms with Crippen molar-refractivity contribution < 1.29 is 14.3 Å². The van der Waals surface area contributed by atoms with Crippen LogP contribution in [0.1, 0.15) is 6.42 Å². The average molecular weight is 313 g/mol. The third-order valence-electron chi connectivity index (χ3n) is 3.49. The Labute approximate surface area is 135 Å². The molecule has 1 fully saturated rings. The molecular weight excluding hydrogens is 294 g/mol. The maximum Gasteiger partial charge on any atom is 0.321 e. The van der Waals surface area contributed by atoms with E-state index in [2.05, 4.69) is 10.3 Å². The number of hydrogen-bond acceptors (Lipinski definition) is 4. The number of benzene rings is 1. The van der Waals surface area contributed by atoms with Crippen molar-refractivity contribution in [1.82, 2.24) is 9.88 Å². The fourth-order valence-corrected chi connectivity index (χ4v) is 2.30. The molecule has 3 rings (SSSR count). The highest BCUT2D eigenvalue weighted by atomic mass is 16.5. The second-order valence-corrected chi connectivity index (χ2v) is 5.20. The summed E-state index contributed by atoms with van der Waals surface area (Å²) in [4.78, 5) is 18.0. The molecule has 2 aromatic rings. The van der Waals surface area contributed by atoms with Crippen LogP contribution in [0, 0.1) is 0 Å². The van der Waals surface area contributed by atoms with E-state index >= 15 is 0 Å². The van der Waals surface area contributed by atoms with Gasteiger partial charge >= 0.3 is 6.03 Å². The van der Waals surface area contributed by atoms with Crippen molar-refractivity contribution in [3.05, 3.63) is 48.8 Å². The minimum absolute atomic E-state index is 0.101. The van der Waals surface area contributed by atoms with Crippen LogP contribution >= 0.6 is 0 Å². The molecule has 2 heterocycles. The molecule has 1 aliphatic heterocycles. The van der Waals surface area contributed by atoms with Crippen LogP contribution in [0.3, 0.4) is 0 Å². The summed E-state index contributed by atoms with van der Waals surface area (Å²) in [6.45, 7) is 2.64. The van der Waals surface area contributed by atoms with Gasteiger partial charge in [0.25, 0.3) is 0 Å². The number of carbonyl (C=O) groups is 1. The van der Waals surface area contributed by atoms with Crippen LogP contribution in [0.15, 0.2) is 48.8 Å². The first-order valence-electron chi connectivity index (χ1n) is 7.63. The Morgan fingerprint density at radius 1 is 1.13 bits per heavy atom. The van der Waals surface area contributed by atoms with E-state index in [1.165, 1.54) is 0 Å². The number of pyridine rings is 1. The van der Waals surface area contributed by atoms with Gasteiger partial charge in [0, 0.05) is 31.6 Å². The predicted molar refractivity (Wildman–Crippen MR) is 86.8 cm³/mol. The highest BCUT2D eigenvalue weighted by Crippen LogP contribution is 2.22. The van der Waals surface area contributed by atoms with Crippen LogP contribution in [-0.2, 0) is 4.74 Å². The molecule has 23 heavy (non-hydrogen) atoms. The van der Waals surface area contributed by atoms with Gasteiger partial charge in [-0.3, -0.25) is 4.98 Å². The standard InChI is InChI=1S/C17H19N3O3/c21-17(20-9-2-11-22-12-10-20)19-14-4-6-15(7-5-14)23-16-3-1-8-18-13-16/h1,3-8,13H,2,9-12H2,(H,19,21). The molecule has 0 unspecified atom stereocenters. The van der Waals surface area contributed by atoms with Crippen LogP contribution in [0.4, 0.5) is 10.5 Å². The number of nitrogens with one attached hydrogen (secondary N) is 1. The Kier molecular flexibility index (Phi) is 5.06. The van der Waals surface area contributed by atoms with Crippen molar-refractivity contribution in [1.29, 1.82) is 0 Å². The highest BCUT2D eigenvalue weighted by molar-refractivity contribution is 5.89. The van der Waals surface area contributed by atoms with Gasteiger partial charge in [-0.15, -0.1) is 0 Å². The van der Waals surface area contributed by atoms with E-state index in [4.69, 9.17) is 9.47 Å². The summed E-state index contributed by atoms with van der Waals surface area (Å²) >= 11 is 0. The first-order valence-corrected chi connectivity index (χ1v) is 7.63. The molecule has 1 aliphatic rings. The maximum absolute atomic E-state index is 12.2. The van der Waals surface area contributed by atoms with Gasteiger partial charge in [0.15, 0.2) is 0 Å². The number of amides is 2. The van der Waals surface area contributed by atoms with E-state index in [9.17, 15) is 4.79 Å². The van der Waals surface area contributed by atoms with Crippen molar-refractivity contribution in [3.63, 3.8) is 0 Å². The van der Waals surface area contributed by atoms with E-state index in [0.29, 0.717) is 37.8 Å². The number of anilines is 1. The number of carbonyl (C=O) groups excluding carboxylic acids is 1. The van der Waals surface area contributed by atoms with Crippen molar-refractivity contribution in [2.75, 3.05) is 31.6 Å². The number of hydrogen-bond donors (Lipinski definition) is 1. The summed E-state index contributed by atoms with van der Waals surface area (Å²) in [7, 11) is 0. The number of nitrogens with zero attached hydrogens (tertiary/aromatic N) is 2. The summed E-state index contributed by atoms with van der Waals surface area (Å²) in [6.07, 6.45) is 4.21. The zero-order valence-electron chi connectivity index (χ0n) is 12.8. The van der Waals surface area contributed by atoms with Gasteiger partial charge in [0.1, 0.15) is 11.5 Å². The van der Waals surface area contributed by atoms with Gasteiger partial charge in [-0.1, -0.05) is 0 Å². The predicted octanol–water partition coefficient (Wildman–Crippen LogP) is 3.13. The minimum Gasteiger partial charge on any atom is -0.456 e. The largest absolute Gasteiger partial charge is 0.456 e. The van der Waals surface area contributed by atoms with E-state index in [0.717, 1.165) is 12.1 Å². The van der Waals surface area contributed by atoms with Crippen LogP contribution in [-0.4, -0.2) is 42.2 Å². The number of aromatic nitrogens is 1. The van der Waals surface area contributed by atoms with Crippen molar-refractivity contribution in [2.24, 2.45) is 0 Å². The second kappa shape index (κ2) is 7.60. The fourth-order valence-electron chi connectivity index (χ4n) is 2.30. The van der Waals surface area contributed by atoms with E-state index in [1.807, 2.05) is 36.4 Å². The molecule has 6 heteroatoms. The molecule has 120 valence electrons. The van der Waals surface area contributed by atoms with Crippen LogP contribution in [0.2, 0.25) is 0 Å². The minimum atomic E-state index is -0.101. The third-order valence-corrected chi connectivity index (χ3v) is 3.49. The molecule has 0 spiro atoms. The normalized spacial score (nSPS) is 14.9. The lowest BCUT2D eigenvalue weighted by molar-refractivity contribution is 0.144. The molecule has 1 saturated heterocycles. The van der Waals surface area contributed by atoms with Crippen molar-refractivity contribution in [3.8, 4) is 11.5 Å². The number of urea groups is 1. The first-order chi connectivity index (χ1) is 11.3. The number of rotatable bonds is 3. The summed E-state index contributed by atoms with van der Waals surface area (Å²) in [5.41, 5.74) is 0.735. The Hall–Kier alpha value is -2.60. The second-order valence-electron chi connectivity index (χ2n) is 5.20. The zero-order valence-corrected chi connectivity index (χ0v) is 12.8. The Bertz CT molecular complexity index is 623. The SMILES string of the molecule is O=C(Nc1ccc(Oc2cccnc2)cc1)N1CCCOCC1. The molecule has 6 nitrogen and oxygen atoms in total. The van der Waals surface area contributed by atoms with Gasteiger partial charge in [-0.25, -0.2) is 4.79 Å². The van der Waals surface area contributed by atoms with Crippen LogP contribution in [0.5, 0.6) is 11.5 Å². The summed E-state index contributed by atoms with van der Waals surface area (Å²) in [6, 6.07) is 10.8. The highest BCUT2D eigenvalue weighted by Gasteiger charge is 2.15. The lowest BCUT2D eigenvalue weighted by atomic mass is 10.3. The van der Waals surface area contributed by atoms with E-state index < -0.39 is 0 Å². The molecule has 1 aromatic carbocycles. The van der Waals surface area contributed by atoms with Crippen molar-refractivity contribution in [2.45, 2.75) is 6.42 Å². The van der Waals surface area contributed by atoms with E-state index in [-0.39, 0.29) is 6.03 Å². The summed E-state index contributed by atoms with van der Waals surface area (Å²) in [5, 5.41) is 2.89. The Morgan fingerprint density at radius 2 is 2.00 bits per heavy atom. The van der Waals surface area contributed by atoms with Gasteiger partial charge < -0.3 is 19.7 Å². The molecule has 0 radical (unpaired) electrons. The molecule has 1 N–H and O–H groups in total. The lowest BCUT2D eigenvalue weighted by Gasteiger charge is -2.20. The monoisotopic (exact) mass is 313 g/mol. The molecule has 0 aliphatic carbocycles. The maximum atomic E-state index is 12.2. The smallest absolute Gasteiger partial charge is 0.321 e. The molecular formula is C17H19N3O3. The zero-order chi connectivity index (χ0) is 15.9. The molecule has 1 aromatic heterocycles. The third kappa shape index (κ3) is 4.43. The van der Waals surface area contributed by atoms with Crippen LogP contribution in [0.25, 0.3) is 0 Å². The van der Waals surface area contributed by atoms with Gasteiger partial charge in [-0.2, -0.15) is 0 Å². The average Bonchev–Trinajstić information content (AvgIpc) is 2.87. The first kappa shape index (κ1) is 15.3. The van der Waals surface area contributed by atoms with Gasteiger partial charge in [-0.05, 0) is 42.8 Å². The number of ether oxygens (including phenoxy) is 2. The van der Waals surface area contributed by atoms with Crippen molar-refractivity contribution >= 4 is 11.7 Å². The Morgan fingerprint density at radius 3 is 2.78 bits per heavy atom. The molecule has 0 saturated carbocycles. The Balaban J connectivity index is 1.57. The quantitative estimate of drug-likeness (QED) is 0.945. The molecule has 2 amide bonds. The fraction of sp³-hybridized carbons (Fsp3) is 0.294. The van der Waals surface area contributed by atoms with Gasteiger partial charge in [0.2, 0.25) is 0 Å². The van der Waals surface area contributed by atoms with E-state index in [1.54, 1.807) is 17.3 Å². The summed E-state index contributed by atoms with van der Waals surface area (Å²) < 4.78 is 11.0. The van der Waals surface area contributed by atoms with Crippen LogP contribution < -0.4 is 10.1 Å². The van der Waals surface area contributed by atoms with Gasteiger partial charge in [0.05, 0.1) is 12.8 Å². The lowest BCUT2D eigenvalue weighted by Crippen LogP contribution is -2.36.